The van der Waals surface area contributed by atoms with Crippen LogP contribution < -0.4 is 0 Å². The van der Waals surface area contributed by atoms with Gasteiger partial charge in [0, 0.05) is 45.4 Å². The molecule has 0 spiro atoms. The summed E-state index contributed by atoms with van der Waals surface area (Å²) in [5.41, 5.74) is 0.891. The van der Waals surface area contributed by atoms with E-state index in [-0.39, 0.29) is 29.8 Å². The summed E-state index contributed by atoms with van der Waals surface area (Å²) >= 11 is 0. The molecule has 0 aliphatic heterocycles. The van der Waals surface area contributed by atoms with Crippen molar-refractivity contribution in [1.82, 2.24) is 19.9 Å². The predicted molar refractivity (Wildman–Crippen MR) is 75.3 cm³/mol. The summed E-state index contributed by atoms with van der Waals surface area (Å²) < 4.78 is 6.57. The van der Waals surface area contributed by atoms with E-state index in [0.717, 1.165) is 5.69 Å². The Hall–Kier alpha value is -2.18. The second kappa shape index (κ2) is 6.07. The monoisotopic (exact) mass is 292 g/mol. The molecule has 1 saturated carbocycles. The van der Waals surface area contributed by atoms with Crippen LogP contribution in [0.1, 0.15) is 25.0 Å². The largest absolute Gasteiger partial charge is 0.462 e. The Kier molecular flexibility index (Phi) is 4.40. The van der Waals surface area contributed by atoms with E-state index in [9.17, 15) is 9.59 Å². The standard InChI is InChI=1S/C14H20N4O3/c1-5-21-14(20)11(7-17(2)3)13(19)10-6-9(10)12-8-18(4)16-15-12/h7-10H,5-6H2,1-4H3/b11-7+/t9-,10-/m1/s1. The minimum atomic E-state index is -0.569. The molecule has 0 bridgehead atoms. The highest BCUT2D eigenvalue weighted by atomic mass is 16.5. The van der Waals surface area contributed by atoms with Crippen LogP contribution in [0.15, 0.2) is 18.0 Å². The van der Waals surface area contributed by atoms with Gasteiger partial charge in [-0.2, -0.15) is 0 Å². The number of rotatable bonds is 6. The van der Waals surface area contributed by atoms with Gasteiger partial charge < -0.3 is 9.64 Å². The van der Waals surface area contributed by atoms with Crippen molar-refractivity contribution in [1.29, 1.82) is 0 Å². The zero-order valence-corrected chi connectivity index (χ0v) is 12.7. The van der Waals surface area contributed by atoms with Gasteiger partial charge in [0.15, 0.2) is 5.78 Å². The summed E-state index contributed by atoms with van der Waals surface area (Å²) in [7, 11) is 5.31. The van der Waals surface area contributed by atoms with Crippen molar-refractivity contribution in [3.05, 3.63) is 23.7 Å². The van der Waals surface area contributed by atoms with Gasteiger partial charge >= 0.3 is 5.97 Å². The number of carbonyl (C=O) groups excluding carboxylic acids is 2. The summed E-state index contributed by atoms with van der Waals surface area (Å²) in [5, 5.41) is 7.90. The maximum absolute atomic E-state index is 12.5. The molecule has 7 heteroatoms. The van der Waals surface area contributed by atoms with Crippen molar-refractivity contribution in [3.8, 4) is 0 Å². The first kappa shape index (κ1) is 15.2. The van der Waals surface area contributed by atoms with Crippen LogP contribution in [-0.4, -0.2) is 52.3 Å². The molecule has 1 aliphatic rings. The van der Waals surface area contributed by atoms with Crippen molar-refractivity contribution in [3.63, 3.8) is 0 Å². The quantitative estimate of drug-likeness (QED) is 0.329. The first-order valence-corrected chi connectivity index (χ1v) is 6.89. The Labute approximate surface area is 123 Å². The van der Waals surface area contributed by atoms with Gasteiger partial charge in [-0.05, 0) is 13.3 Å². The number of carbonyl (C=O) groups is 2. The van der Waals surface area contributed by atoms with Crippen LogP contribution in [0.3, 0.4) is 0 Å². The van der Waals surface area contributed by atoms with Gasteiger partial charge in [0.1, 0.15) is 5.57 Å². The summed E-state index contributed by atoms with van der Waals surface area (Å²) in [6, 6.07) is 0. The Bertz CT molecular complexity index is 577. The summed E-state index contributed by atoms with van der Waals surface area (Å²) in [5.74, 6) is -0.915. The van der Waals surface area contributed by atoms with E-state index < -0.39 is 5.97 Å². The van der Waals surface area contributed by atoms with Gasteiger partial charge in [0.05, 0.1) is 12.3 Å². The Morgan fingerprint density at radius 2 is 2.24 bits per heavy atom. The third-order valence-electron chi connectivity index (χ3n) is 3.28. The van der Waals surface area contributed by atoms with Gasteiger partial charge in [0.25, 0.3) is 0 Å². The molecule has 1 fully saturated rings. The van der Waals surface area contributed by atoms with Crippen LogP contribution in [0.25, 0.3) is 0 Å². The Morgan fingerprint density at radius 1 is 1.52 bits per heavy atom. The SMILES string of the molecule is CCOC(=O)/C(=C/N(C)C)C(=O)[C@@H]1C[C@H]1c1cn(C)nn1. The molecule has 0 amide bonds. The van der Waals surface area contributed by atoms with Gasteiger partial charge in [-0.25, -0.2) is 4.79 Å². The van der Waals surface area contributed by atoms with Gasteiger partial charge in [0.2, 0.25) is 0 Å². The van der Waals surface area contributed by atoms with Crippen molar-refractivity contribution >= 4 is 11.8 Å². The molecular formula is C14H20N4O3. The molecule has 0 saturated heterocycles. The maximum Gasteiger partial charge on any atom is 0.343 e. The molecule has 0 aromatic carbocycles. The predicted octanol–water partition coefficient (Wildman–Crippen LogP) is 0.496. The minimum absolute atomic E-state index is 0.0474. The number of hydrogen-bond acceptors (Lipinski definition) is 6. The van der Waals surface area contributed by atoms with E-state index in [4.69, 9.17) is 4.74 Å². The molecular weight excluding hydrogens is 272 g/mol. The summed E-state index contributed by atoms with van der Waals surface area (Å²) in [4.78, 5) is 26.1. The fraction of sp³-hybridized carbons (Fsp3) is 0.571. The van der Waals surface area contributed by atoms with E-state index in [0.29, 0.717) is 6.42 Å². The second-order valence-electron chi connectivity index (χ2n) is 5.36. The number of ether oxygens (including phenoxy) is 1. The molecule has 0 N–H and O–H groups in total. The maximum atomic E-state index is 12.5. The van der Waals surface area contributed by atoms with Crippen LogP contribution in [-0.2, 0) is 21.4 Å². The van der Waals surface area contributed by atoms with E-state index in [1.165, 1.54) is 6.20 Å². The molecule has 1 aliphatic carbocycles. The first-order chi connectivity index (χ1) is 9.93. The normalized spacial score (nSPS) is 21.0. The lowest BCUT2D eigenvalue weighted by atomic mass is 10.1. The molecule has 0 unspecified atom stereocenters. The van der Waals surface area contributed by atoms with E-state index in [1.54, 1.807) is 43.8 Å². The lowest BCUT2D eigenvalue weighted by Gasteiger charge is -2.10. The zero-order chi connectivity index (χ0) is 15.6. The highest BCUT2D eigenvalue weighted by molar-refractivity contribution is 6.19. The molecule has 21 heavy (non-hydrogen) atoms. The third-order valence-corrected chi connectivity index (χ3v) is 3.28. The second-order valence-corrected chi connectivity index (χ2v) is 5.36. The highest BCUT2D eigenvalue weighted by Gasteiger charge is 2.47. The number of ketones is 1. The molecule has 2 atom stereocenters. The number of Topliss-reactive ketones (excluding diaryl/α,β-unsaturated/α-hetero) is 1. The first-order valence-electron chi connectivity index (χ1n) is 6.89. The Morgan fingerprint density at radius 3 is 2.76 bits per heavy atom. The molecule has 1 aromatic heterocycles. The van der Waals surface area contributed by atoms with Gasteiger partial charge in [-0.15, -0.1) is 5.10 Å². The smallest absolute Gasteiger partial charge is 0.343 e. The number of esters is 1. The third kappa shape index (κ3) is 3.48. The molecule has 7 nitrogen and oxygen atoms in total. The van der Waals surface area contributed by atoms with E-state index in [1.807, 2.05) is 0 Å². The van der Waals surface area contributed by atoms with Crippen LogP contribution in [0, 0.1) is 5.92 Å². The van der Waals surface area contributed by atoms with Crippen LogP contribution in [0.2, 0.25) is 0 Å². The lowest BCUT2D eigenvalue weighted by Crippen LogP contribution is -2.20. The van der Waals surface area contributed by atoms with Gasteiger partial charge in [-0.3, -0.25) is 9.48 Å². The molecule has 2 rings (SSSR count). The van der Waals surface area contributed by atoms with Crippen molar-refractivity contribution in [2.45, 2.75) is 19.3 Å². The summed E-state index contributed by atoms with van der Waals surface area (Å²) in [6.45, 7) is 1.96. The van der Waals surface area contributed by atoms with Gasteiger partial charge in [-0.1, -0.05) is 5.21 Å². The van der Waals surface area contributed by atoms with Crippen molar-refractivity contribution < 1.29 is 14.3 Å². The molecule has 0 radical (unpaired) electrons. The van der Waals surface area contributed by atoms with Crippen LogP contribution in [0.4, 0.5) is 0 Å². The van der Waals surface area contributed by atoms with E-state index >= 15 is 0 Å². The van der Waals surface area contributed by atoms with E-state index in [2.05, 4.69) is 10.3 Å². The molecule has 1 aromatic rings. The number of aromatic nitrogens is 3. The molecule has 1 heterocycles. The number of aryl methyl sites for hydroxylation is 1. The topological polar surface area (TPSA) is 77.3 Å². The van der Waals surface area contributed by atoms with Crippen LogP contribution >= 0.6 is 0 Å². The number of nitrogens with zero attached hydrogens (tertiary/aromatic N) is 4. The van der Waals surface area contributed by atoms with Crippen molar-refractivity contribution in [2.24, 2.45) is 13.0 Å². The number of hydrogen-bond donors (Lipinski definition) is 0. The highest BCUT2D eigenvalue weighted by Crippen LogP contribution is 2.48. The van der Waals surface area contributed by atoms with Crippen LogP contribution in [0.5, 0.6) is 0 Å². The fourth-order valence-electron chi connectivity index (χ4n) is 2.23. The minimum Gasteiger partial charge on any atom is -0.462 e. The average molecular weight is 292 g/mol. The summed E-state index contributed by atoms with van der Waals surface area (Å²) in [6.07, 6.45) is 4.02. The Balaban J connectivity index is 2.12. The zero-order valence-electron chi connectivity index (χ0n) is 12.7. The lowest BCUT2D eigenvalue weighted by molar-refractivity contribution is -0.140. The molecule has 114 valence electrons. The fourth-order valence-corrected chi connectivity index (χ4v) is 2.23. The van der Waals surface area contributed by atoms with Crippen molar-refractivity contribution in [2.75, 3.05) is 20.7 Å². The average Bonchev–Trinajstić information content (AvgIpc) is 3.10.